The highest BCUT2D eigenvalue weighted by Crippen LogP contribution is 2.40. The van der Waals surface area contributed by atoms with Crippen molar-refractivity contribution in [3.63, 3.8) is 0 Å². The van der Waals surface area contributed by atoms with Gasteiger partial charge in [0.2, 0.25) is 0 Å². The molecule has 118 valence electrons. The molecule has 1 aliphatic rings. The Morgan fingerprint density at radius 1 is 1.04 bits per heavy atom. The van der Waals surface area contributed by atoms with Crippen molar-refractivity contribution in [2.24, 2.45) is 0 Å². The first-order valence-corrected chi connectivity index (χ1v) is 6.69. The highest BCUT2D eigenvalue weighted by molar-refractivity contribution is 5.97. The molecule has 3 rings (SSSR count). The Morgan fingerprint density at radius 2 is 1.74 bits per heavy atom. The molecule has 2 aromatic carbocycles. The summed E-state index contributed by atoms with van der Waals surface area (Å²) in [6.07, 6.45) is -3.97. The summed E-state index contributed by atoms with van der Waals surface area (Å²) in [7, 11) is 0. The largest absolute Gasteiger partial charge is 0.488 e. The molecule has 0 unspecified atom stereocenters. The number of fused-ring (bicyclic) bond motifs is 1. The van der Waals surface area contributed by atoms with E-state index in [4.69, 9.17) is 4.74 Å². The Morgan fingerprint density at radius 3 is 2.35 bits per heavy atom. The van der Waals surface area contributed by atoms with Gasteiger partial charge < -0.3 is 4.74 Å². The minimum Gasteiger partial charge on any atom is -0.488 e. The first-order valence-electron chi connectivity index (χ1n) is 6.69. The zero-order chi connectivity index (χ0) is 16.6. The van der Waals surface area contributed by atoms with Gasteiger partial charge in [-0.05, 0) is 35.9 Å². The van der Waals surface area contributed by atoms with Crippen LogP contribution in [0.5, 0.6) is 5.75 Å². The van der Waals surface area contributed by atoms with Crippen molar-refractivity contribution in [2.45, 2.75) is 6.18 Å². The molecule has 0 N–H and O–H groups in total. The number of carbonyl (C=O) groups is 1. The average molecular weight is 322 g/mol. The van der Waals surface area contributed by atoms with Crippen LogP contribution in [0.2, 0.25) is 0 Å². The molecule has 1 aliphatic heterocycles. The predicted molar refractivity (Wildman–Crippen MR) is 75.4 cm³/mol. The van der Waals surface area contributed by atoms with E-state index in [1.54, 1.807) is 0 Å². The summed E-state index contributed by atoms with van der Waals surface area (Å²) in [5, 5.41) is 0. The second kappa shape index (κ2) is 5.53. The summed E-state index contributed by atoms with van der Waals surface area (Å²) in [4.78, 5) is 11.3. The number of ether oxygens (including phenoxy) is 1. The highest BCUT2D eigenvalue weighted by atomic mass is 19.4. The number of aldehydes is 1. The SMILES string of the molecule is O=CC1=C(c2ccc(F)cc2)c2cc(C(F)(F)F)ccc2OC1. The van der Waals surface area contributed by atoms with Crippen LogP contribution >= 0.6 is 0 Å². The average Bonchev–Trinajstić information content (AvgIpc) is 2.53. The fraction of sp³-hybridized carbons (Fsp3) is 0.118. The lowest BCUT2D eigenvalue weighted by Crippen LogP contribution is -2.15. The third-order valence-electron chi connectivity index (χ3n) is 3.56. The fourth-order valence-electron chi connectivity index (χ4n) is 2.48. The minimum absolute atomic E-state index is 0.0470. The summed E-state index contributed by atoms with van der Waals surface area (Å²) in [5.74, 6) is -0.221. The van der Waals surface area contributed by atoms with Crippen LogP contribution in [0.15, 0.2) is 48.0 Å². The molecule has 23 heavy (non-hydrogen) atoms. The first-order chi connectivity index (χ1) is 10.9. The molecule has 0 atom stereocenters. The molecule has 0 aromatic heterocycles. The molecule has 2 aromatic rings. The third-order valence-corrected chi connectivity index (χ3v) is 3.56. The van der Waals surface area contributed by atoms with Crippen LogP contribution in [0.25, 0.3) is 5.57 Å². The Bertz CT molecular complexity index is 789. The Kier molecular flexibility index (Phi) is 3.67. The van der Waals surface area contributed by atoms with Crippen molar-refractivity contribution in [1.82, 2.24) is 0 Å². The van der Waals surface area contributed by atoms with E-state index >= 15 is 0 Å². The van der Waals surface area contributed by atoms with E-state index < -0.39 is 17.6 Å². The molecule has 0 saturated carbocycles. The van der Waals surface area contributed by atoms with Crippen LogP contribution in [-0.4, -0.2) is 12.9 Å². The number of hydrogen-bond acceptors (Lipinski definition) is 2. The molecular formula is C17H10F4O2. The van der Waals surface area contributed by atoms with Crippen LogP contribution in [0, 0.1) is 5.82 Å². The molecule has 0 radical (unpaired) electrons. The number of hydrogen-bond donors (Lipinski definition) is 0. The van der Waals surface area contributed by atoms with E-state index in [1.165, 1.54) is 30.3 Å². The van der Waals surface area contributed by atoms with E-state index in [2.05, 4.69) is 0 Å². The van der Waals surface area contributed by atoms with Gasteiger partial charge in [0.25, 0.3) is 0 Å². The summed E-state index contributed by atoms with van der Waals surface area (Å²) in [5.41, 5.74) is 0.319. The van der Waals surface area contributed by atoms with Gasteiger partial charge in [0.1, 0.15) is 24.5 Å². The molecule has 6 heteroatoms. The second-order valence-electron chi connectivity index (χ2n) is 5.02. The molecule has 1 heterocycles. The Labute approximate surface area is 129 Å². The zero-order valence-corrected chi connectivity index (χ0v) is 11.7. The van der Waals surface area contributed by atoms with Crippen molar-refractivity contribution in [3.05, 3.63) is 70.5 Å². The van der Waals surface area contributed by atoms with E-state index in [-0.39, 0.29) is 23.5 Å². The number of carbonyl (C=O) groups excluding carboxylic acids is 1. The fourth-order valence-corrected chi connectivity index (χ4v) is 2.48. The van der Waals surface area contributed by atoms with Crippen molar-refractivity contribution in [1.29, 1.82) is 0 Å². The number of benzene rings is 2. The van der Waals surface area contributed by atoms with Gasteiger partial charge in [0, 0.05) is 16.7 Å². The maximum atomic E-state index is 13.1. The second-order valence-corrected chi connectivity index (χ2v) is 5.02. The lowest BCUT2D eigenvalue weighted by atomic mass is 9.90. The van der Waals surface area contributed by atoms with Gasteiger partial charge in [0.15, 0.2) is 0 Å². The molecule has 0 aliphatic carbocycles. The number of rotatable bonds is 2. The summed E-state index contributed by atoms with van der Waals surface area (Å²) >= 11 is 0. The molecule has 2 nitrogen and oxygen atoms in total. The van der Waals surface area contributed by atoms with E-state index in [0.717, 1.165) is 12.1 Å². The lowest BCUT2D eigenvalue weighted by Gasteiger charge is -2.23. The van der Waals surface area contributed by atoms with Gasteiger partial charge in [0.05, 0.1) is 5.56 Å². The zero-order valence-electron chi connectivity index (χ0n) is 11.7. The van der Waals surface area contributed by atoms with E-state index in [1.807, 2.05) is 0 Å². The van der Waals surface area contributed by atoms with Crippen molar-refractivity contribution in [3.8, 4) is 5.75 Å². The quantitative estimate of drug-likeness (QED) is 0.611. The van der Waals surface area contributed by atoms with Crippen LogP contribution in [0.3, 0.4) is 0 Å². The van der Waals surface area contributed by atoms with Gasteiger partial charge in [-0.15, -0.1) is 0 Å². The van der Waals surface area contributed by atoms with Gasteiger partial charge in [-0.25, -0.2) is 4.39 Å². The molecule has 0 bridgehead atoms. The van der Waals surface area contributed by atoms with Crippen molar-refractivity contribution >= 4 is 11.9 Å². The van der Waals surface area contributed by atoms with Crippen molar-refractivity contribution < 1.29 is 27.1 Å². The summed E-state index contributed by atoms with van der Waals surface area (Å²) in [6.45, 7) is -0.0470. The summed E-state index contributed by atoms with van der Waals surface area (Å²) in [6, 6.07) is 8.31. The number of halogens is 4. The number of alkyl halides is 3. The van der Waals surface area contributed by atoms with Crippen molar-refractivity contribution in [2.75, 3.05) is 6.61 Å². The van der Waals surface area contributed by atoms with Crippen LogP contribution in [0.1, 0.15) is 16.7 Å². The van der Waals surface area contributed by atoms with Gasteiger partial charge in [-0.2, -0.15) is 13.2 Å². The van der Waals surface area contributed by atoms with Gasteiger partial charge in [-0.1, -0.05) is 12.1 Å². The molecule has 0 spiro atoms. The van der Waals surface area contributed by atoms with Crippen LogP contribution in [0.4, 0.5) is 17.6 Å². The Hall–Kier alpha value is -2.63. The van der Waals surface area contributed by atoms with Gasteiger partial charge >= 0.3 is 6.18 Å². The third kappa shape index (κ3) is 2.84. The maximum absolute atomic E-state index is 13.1. The lowest BCUT2D eigenvalue weighted by molar-refractivity contribution is -0.137. The smallest absolute Gasteiger partial charge is 0.416 e. The monoisotopic (exact) mass is 322 g/mol. The minimum atomic E-state index is -4.51. The van der Waals surface area contributed by atoms with E-state index in [0.29, 0.717) is 17.4 Å². The van der Waals surface area contributed by atoms with Gasteiger partial charge in [-0.3, -0.25) is 4.79 Å². The topological polar surface area (TPSA) is 26.3 Å². The standard InChI is InChI=1S/C17H10F4O2/c18-13-4-1-10(2-5-13)16-11(8-22)9-23-15-6-3-12(7-14(15)16)17(19,20)21/h1-8H,9H2. The molecular weight excluding hydrogens is 312 g/mol. The summed E-state index contributed by atoms with van der Waals surface area (Å²) < 4.78 is 57.3. The molecule has 0 fully saturated rings. The van der Waals surface area contributed by atoms with Crippen LogP contribution < -0.4 is 4.74 Å². The van der Waals surface area contributed by atoms with E-state index in [9.17, 15) is 22.4 Å². The predicted octanol–water partition coefficient (Wildman–Crippen LogP) is 4.24. The molecule has 0 saturated heterocycles. The molecule has 0 amide bonds. The first kappa shape index (κ1) is 15.3. The highest BCUT2D eigenvalue weighted by Gasteiger charge is 2.32. The van der Waals surface area contributed by atoms with Crippen LogP contribution in [-0.2, 0) is 11.0 Å². The maximum Gasteiger partial charge on any atom is 0.416 e. The Balaban J connectivity index is 2.22. The normalized spacial score (nSPS) is 14.3.